The summed E-state index contributed by atoms with van der Waals surface area (Å²) in [5, 5.41) is 0.215. The summed E-state index contributed by atoms with van der Waals surface area (Å²) >= 11 is 6.51. The zero-order chi connectivity index (χ0) is 11.4. The van der Waals surface area contributed by atoms with E-state index in [1.165, 1.54) is 5.56 Å². The van der Waals surface area contributed by atoms with Crippen LogP contribution in [0.5, 0.6) is 0 Å². The van der Waals surface area contributed by atoms with Crippen molar-refractivity contribution in [2.24, 2.45) is 11.8 Å². The summed E-state index contributed by atoms with van der Waals surface area (Å²) in [6.07, 6.45) is 0. The molecular weight excluding hydrogens is 204 g/mol. The molecule has 0 saturated heterocycles. The van der Waals surface area contributed by atoms with Gasteiger partial charge >= 0.3 is 0 Å². The molecule has 0 aliphatic carbocycles. The van der Waals surface area contributed by atoms with Gasteiger partial charge in [-0.2, -0.15) is 0 Å². The van der Waals surface area contributed by atoms with Crippen LogP contribution in [0.2, 0.25) is 0 Å². The summed E-state index contributed by atoms with van der Waals surface area (Å²) in [4.78, 5) is 0. The summed E-state index contributed by atoms with van der Waals surface area (Å²) in [6, 6.07) is 10.6. The highest BCUT2D eigenvalue weighted by Crippen LogP contribution is 2.34. The Morgan fingerprint density at radius 1 is 0.867 bits per heavy atom. The Balaban J connectivity index is 2.93. The molecule has 1 heteroatoms. The number of rotatable bonds is 4. The molecule has 0 amide bonds. The van der Waals surface area contributed by atoms with E-state index in [9.17, 15) is 0 Å². The standard InChI is InChI=1S/C14H21Cl/c1-10(2)13(14(15)11(3)4)12-8-6-5-7-9-12/h5-11,13-14H,1-4H3. The van der Waals surface area contributed by atoms with Crippen LogP contribution >= 0.6 is 11.6 Å². The van der Waals surface area contributed by atoms with Crippen LogP contribution in [0.15, 0.2) is 30.3 Å². The Morgan fingerprint density at radius 3 is 1.80 bits per heavy atom. The van der Waals surface area contributed by atoms with Crippen molar-refractivity contribution in [1.82, 2.24) is 0 Å². The number of halogens is 1. The fourth-order valence-electron chi connectivity index (χ4n) is 2.03. The van der Waals surface area contributed by atoms with Crippen molar-refractivity contribution in [3.05, 3.63) is 35.9 Å². The topological polar surface area (TPSA) is 0 Å². The van der Waals surface area contributed by atoms with E-state index in [0.29, 0.717) is 17.8 Å². The Morgan fingerprint density at radius 2 is 1.40 bits per heavy atom. The Kier molecular flexibility index (Phi) is 4.66. The first-order valence-electron chi connectivity index (χ1n) is 5.73. The lowest BCUT2D eigenvalue weighted by Crippen LogP contribution is -2.23. The molecule has 1 aromatic carbocycles. The highest BCUT2D eigenvalue weighted by molar-refractivity contribution is 6.21. The number of hydrogen-bond acceptors (Lipinski definition) is 0. The smallest absolute Gasteiger partial charge is 0.0430 e. The monoisotopic (exact) mass is 224 g/mol. The van der Waals surface area contributed by atoms with Crippen molar-refractivity contribution >= 4 is 11.6 Å². The predicted molar refractivity (Wildman–Crippen MR) is 68.5 cm³/mol. The molecule has 0 bridgehead atoms. The second kappa shape index (κ2) is 5.55. The van der Waals surface area contributed by atoms with E-state index >= 15 is 0 Å². The maximum absolute atomic E-state index is 6.51. The van der Waals surface area contributed by atoms with Gasteiger partial charge in [0.05, 0.1) is 0 Å². The molecule has 84 valence electrons. The summed E-state index contributed by atoms with van der Waals surface area (Å²) in [5.74, 6) is 1.55. The quantitative estimate of drug-likeness (QED) is 0.651. The third-order valence-electron chi connectivity index (χ3n) is 2.88. The first kappa shape index (κ1) is 12.6. The second-order valence-corrected chi connectivity index (χ2v) is 5.37. The van der Waals surface area contributed by atoms with Crippen molar-refractivity contribution in [2.45, 2.75) is 39.0 Å². The van der Waals surface area contributed by atoms with Crippen LogP contribution in [-0.2, 0) is 0 Å². The molecular formula is C14H21Cl. The summed E-state index contributed by atoms with van der Waals surface area (Å²) in [5.41, 5.74) is 1.36. The minimum absolute atomic E-state index is 0.215. The van der Waals surface area contributed by atoms with Gasteiger partial charge in [0, 0.05) is 11.3 Å². The first-order chi connectivity index (χ1) is 7.04. The van der Waals surface area contributed by atoms with E-state index in [4.69, 9.17) is 11.6 Å². The van der Waals surface area contributed by atoms with Gasteiger partial charge in [0.15, 0.2) is 0 Å². The predicted octanol–water partition coefficient (Wildman–Crippen LogP) is 4.69. The van der Waals surface area contributed by atoms with E-state index in [1.54, 1.807) is 0 Å². The SMILES string of the molecule is CC(C)C(Cl)C(c1ccccc1)C(C)C. The highest BCUT2D eigenvalue weighted by Gasteiger charge is 2.26. The van der Waals surface area contributed by atoms with Gasteiger partial charge in [0.25, 0.3) is 0 Å². The van der Waals surface area contributed by atoms with Gasteiger partial charge < -0.3 is 0 Å². The fraction of sp³-hybridized carbons (Fsp3) is 0.571. The number of alkyl halides is 1. The van der Waals surface area contributed by atoms with Crippen LogP contribution in [0.3, 0.4) is 0 Å². The number of hydrogen-bond donors (Lipinski definition) is 0. The molecule has 0 N–H and O–H groups in total. The van der Waals surface area contributed by atoms with Crippen LogP contribution < -0.4 is 0 Å². The molecule has 0 aromatic heterocycles. The molecule has 1 aromatic rings. The maximum atomic E-state index is 6.51. The van der Waals surface area contributed by atoms with E-state index < -0.39 is 0 Å². The van der Waals surface area contributed by atoms with Gasteiger partial charge in [-0.1, -0.05) is 58.0 Å². The molecule has 0 spiro atoms. The first-order valence-corrected chi connectivity index (χ1v) is 6.16. The van der Waals surface area contributed by atoms with Gasteiger partial charge in [-0.25, -0.2) is 0 Å². The van der Waals surface area contributed by atoms with Crippen LogP contribution in [0.1, 0.15) is 39.2 Å². The highest BCUT2D eigenvalue weighted by atomic mass is 35.5. The molecule has 0 saturated carbocycles. The van der Waals surface area contributed by atoms with E-state index in [-0.39, 0.29) is 5.38 Å². The average Bonchev–Trinajstić information content (AvgIpc) is 2.18. The van der Waals surface area contributed by atoms with Crippen molar-refractivity contribution in [3.8, 4) is 0 Å². The van der Waals surface area contributed by atoms with Gasteiger partial charge in [0.2, 0.25) is 0 Å². The lowest BCUT2D eigenvalue weighted by molar-refractivity contribution is 0.415. The van der Waals surface area contributed by atoms with E-state index in [0.717, 1.165) is 0 Å². The molecule has 1 rings (SSSR count). The normalized spacial score (nSPS) is 15.7. The number of benzene rings is 1. The summed E-state index contributed by atoms with van der Waals surface area (Å²) in [7, 11) is 0. The van der Waals surface area contributed by atoms with Gasteiger partial charge in [-0.3, -0.25) is 0 Å². The Labute approximate surface area is 98.7 Å². The maximum Gasteiger partial charge on any atom is 0.0430 e. The molecule has 0 aliphatic heterocycles. The van der Waals surface area contributed by atoms with Gasteiger partial charge in [-0.15, -0.1) is 11.6 Å². The van der Waals surface area contributed by atoms with Crippen molar-refractivity contribution in [3.63, 3.8) is 0 Å². The van der Waals surface area contributed by atoms with Crippen molar-refractivity contribution in [1.29, 1.82) is 0 Å². The lowest BCUT2D eigenvalue weighted by atomic mass is 9.82. The summed E-state index contributed by atoms with van der Waals surface area (Å²) < 4.78 is 0. The molecule has 0 nitrogen and oxygen atoms in total. The van der Waals surface area contributed by atoms with Gasteiger partial charge in [-0.05, 0) is 17.4 Å². The van der Waals surface area contributed by atoms with E-state index in [1.807, 2.05) is 0 Å². The fourth-order valence-corrected chi connectivity index (χ4v) is 2.46. The minimum atomic E-state index is 0.215. The average molecular weight is 225 g/mol. The largest absolute Gasteiger partial charge is 0.122 e. The van der Waals surface area contributed by atoms with Gasteiger partial charge in [0.1, 0.15) is 0 Å². The molecule has 0 aliphatic rings. The molecule has 2 atom stereocenters. The summed E-state index contributed by atoms with van der Waals surface area (Å²) in [6.45, 7) is 8.87. The molecule has 2 unspecified atom stereocenters. The Hall–Kier alpha value is -0.490. The molecule has 0 heterocycles. The molecule has 15 heavy (non-hydrogen) atoms. The molecule has 0 fully saturated rings. The third-order valence-corrected chi connectivity index (χ3v) is 3.66. The van der Waals surface area contributed by atoms with Crippen LogP contribution in [0.25, 0.3) is 0 Å². The zero-order valence-electron chi connectivity index (χ0n) is 10.1. The lowest BCUT2D eigenvalue weighted by Gasteiger charge is -2.28. The van der Waals surface area contributed by atoms with E-state index in [2.05, 4.69) is 58.0 Å². The van der Waals surface area contributed by atoms with Crippen LogP contribution in [0, 0.1) is 11.8 Å². The van der Waals surface area contributed by atoms with Crippen LogP contribution in [0.4, 0.5) is 0 Å². The Bertz CT molecular complexity index is 277. The zero-order valence-corrected chi connectivity index (χ0v) is 10.8. The molecule has 0 radical (unpaired) electrons. The minimum Gasteiger partial charge on any atom is -0.122 e. The van der Waals surface area contributed by atoms with Crippen molar-refractivity contribution < 1.29 is 0 Å². The van der Waals surface area contributed by atoms with Crippen molar-refractivity contribution in [2.75, 3.05) is 0 Å². The van der Waals surface area contributed by atoms with Crippen LogP contribution in [-0.4, -0.2) is 5.38 Å². The second-order valence-electron chi connectivity index (χ2n) is 4.87. The third kappa shape index (κ3) is 3.24.